The topological polar surface area (TPSA) is 51.2 Å². The van der Waals surface area contributed by atoms with E-state index >= 15 is 0 Å². The zero-order valence-corrected chi connectivity index (χ0v) is 14.6. The average molecular weight is 334 g/mol. The SMILES string of the molecule is COc1cccc(OC2CN(CC(=O)N3C[C@@H](C)O[C@@H](C)C3)C2)c1. The second-order valence-electron chi connectivity index (χ2n) is 6.67. The summed E-state index contributed by atoms with van der Waals surface area (Å²) in [6, 6.07) is 7.61. The number of likely N-dealkylation sites (tertiary alicyclic amines) is 1. The number of nitrogens with zero attached hydrogens (tertiary/aromatic N) is 2. The van der Waals surface area contributed by atoms with E-state index in [9.17, 15) is 4.79 Å². The third kappa shape index (κ3) is 4.19. The molecule has 2 saturated heterocycles. The Balaban J connectivity index is 1.42. The third-order valence-electron chi connectivity index (χ3n) is 4.40. The summed E-state index contributed by atoms with van der Waals surface area (Å²) in [4.78, 5) is 16.4. The number of carbonyl (C=O) groups is 1. The second-order valence-corrected chi connectivity index (χ2v) is 6.67. The van der Waals surface area contributed by atoms with Gasteiger partial charge in [0.2, 0.25) is 5.91 Å². The molecule has 2 atom stereocenters. The number of carbonyl (C=O) groups excluding carboxylic acids is 1. The lowest BCUT2D eigenvalue weighted by atomic mass is 10.1. The highest BCUT2D eigenvalue weighted by Gasteiger charge is 2.33. The minimum absolute atomic E-state index is 0.109. The molecule has 0 aliphatic carbocycles. The van der Waals surface area contributed by atoms with Crippen molar-refractivity contribution in [2.75, 3.05) is 39.8 Å². The Kier molecular flexibility index (Phi) is 5.26. The Labute approximate surface area is 143 Å². The lowest BCUT2D eigenvalue weighted by molar-refractivity contribution is -0.146. The van der Waals surface area contributed by atoms with Gasteiger partial charge in [-0.15, -0.1) is 0 Å². The number of methoxy groups -OCH3 is 1. The summed E-state index contributed by atoms with van der Waals surface area (Å²) in [6.07, 6.45) is 0.351. The maximum absolute atomic E-state index is 12.4. The Morgan fingerprint density at radius 3 is 2.50 bits per heavy atom. The van der Waals surface area contributed by atoms with Gasteiger partial charge in [0.1, 0.15) is 17.6 Å². The Morgan fingerprint density at radius 2 is 1.83 bits per heavy atom. The summed E-state index contributed by atoms with van der Waals surface area (Å²) < 4.78 is 16.8. The van der Waals surface area contributed by atoms with Crippen molar-refractivity contribution in [2.24, 2.45) is 0 Å². The van der Waals surface area contributed by atoms with Crippen LogP contribution in [0.3, 0.4) is 0 Å². The molecule has 0 N–H and O–H groups in total. The molecule has 132 valence electrons. The summed E-state index contributed by atoms with van der Waals surface area (Å²) in [5, 5.41) is 0. The Bertz CT molecular complexity index is 564. The summed E-state index contributed by atoms with van der Waals surface area (Å²) in [6.45, 7) is 7.39. The highest BCUT2D eigenvalue weighted by molar-refractivity contribution is 5.78. The van der Waals surface area contributed by atoms with Gasteiger partial charge in [-0.25, -0.2) is 0 Å². The molecular formula is C18H26N2O4. The van der Waals surface area contributed by atoms with E-state index in [1.54, 1.807) is 7.11 Å². The van der Waals surface area contributed by atoms with Crippen LogP contribution in [0.4, 0.5) is 0 Å². The van der Waals surface area contributed by atoms with E-state index in [1.807, 2.05) is 43.0 Å². The van der Waals surface area contributed by atoms with Gasteiger partial charge in [-0.05, 0) is 26.0 Å². The van der Waals surface area contributed by atoms with Crippen LogP contribution in [0, 0.1) is 0 Å². The van der Waals surface area contributed by atoms with Crippen LogP contribution in [0.5, 0.6) is 11.5 Å². The van der Waals surface area contributed by atoms with E-state index in [1.165, 1.54) is 0 Å². The van der Waals surface area contributed by atoms with Crippen LogP contribution in [0.2, 0.25) is 0 Å². The number of hydrogen-bond donors (Lipinski definition) is 0. The Hall–Kier alpha value is -1.79. The average Bonchev–Trinajstić information content (AvgIpc) is 2.52. The van der Waals surface area contributed by atoms with Gasteiger partial charge in [-0.2, -0.15) is 0 Å². The maximum Gasteiger partial charge on any atom is 0.236 e. The van der Waals surface area contributed by atoms with E-state index in [-0.39, 0.29) is 24.2 Å². The van der Waals surface area contributed by atoms with Crippen LogP contribution in [-0.2, 0) is 9.53 Å². The molecule has 1 aromatic carbocycles. The molecule has 24 heavy (non-hydrogen) atoms. The maximum atomic E-state index is 12.4. The largest absolute Gasteiger partial charge is 0.497 e. The van der Waals surface area contributed by atoms with Crippen molar-refractivity contribution in [1.29, 1.82) is 0 Å². The number of benzene rings is 1. The highest BCUT2D eigenvalue weighted by atomic mass is 16.5. The predicted molar refractivity (Wildman–Crippen MR) is 90.4 cm³/mol. The molecule has 0 aromatic heterocycles. The molecule has 0 bridgehead atoms. The third-order valence-corrected chi connectivity index (χ3v) is 4.40. The molecule has 6 heteroatoms. The van der Waals surface area contributed by atoms with Crippen LogP contribution in [0.15, 0.2) is 24.3 Å². The zero-order valence-electron chi connectivity index (χ0n) is 14.6. The van der Waals surface area contributed by atoms with Gasteiger partial charge in [0.15, 0.2) is 0 Å². The lowest BCUT2D eigenvalue weighted by Gasteiger charge is -2.41. The van der Waals surface area contributed by atoms with E-state index in [0.29, 0.717) is 19.6 Å². The van der Waals surface area contributed by atoms with E-state index in [2.05, 4.69) is 4.90 Å². The van der Waals surface area contributed by atoms with Gasteiger partial charge < -0.3 is 19.1 Å². The summed E-state index contributed by atoms with van der Waals surface area (Å²) >= 11 is 0. The van der Waals surface area contributed by atoms with E-state index in [0.717, 1.165) is 24.6 Å². The van der Waals surface area contributed by atoms with Crippen molar-refractivity contribution in [1.82, 2.24) is 9.80 Å². The van der Waals surface area contributed by atoms with Gasteiger partial charge in [0, 0.05) is 32.2 Å². The van der Waals surface area contributed by atoms with Crippen molar-refractivity contribution in [3.05, 3.63) is 24.3 Å². The van der Waals surface area contributed by atoms with Crippen LogP contribution in [0.1, 0.15) is 13.8 Å². The van der Waals surface area contributed by atoms with Crippen LogP contribution >= 0.6 is 0 Å². The van der Waals surface area contributed by atoms with Crippen LogP contribution in [0.25, 0.3) is 0 Å². The van der Waals surface area contributed by atoms with Crippen molar-refractivity contribution < 1.29 is 19.0 Å². The van der Waals surface area contributed by atoms with E-state index < -0.39 is 0 Å². The molecule has 0 saturated carbocycles. The molecule has 2 aliphatic heterocycles. The first kappa shape index (κ1) is 17.0. The van der Waals surface area contributed by atoms with Crippen LogP contribution in [-0.4, -0.2) is 73.9 Å². The minimum Gasteiger partial charge on any atom is -0.497 e. The fourth-order valence-corrected chi connectivity index (χ4v) is 3.27. The normalized spacial score (nSPS) is 25.2. The number of rotatable bonds is 5. The second kappa shape index (κ2) is 7.40. The van der Waals surface area contributed by atoms with Gasteiger partial charge in [-0.3, -0.25) is 9.69 Å². The Morgan fingerprint density at radius 1 is 1.17 bits per heavy atom. The van der Waals surface area contributed by atoms with Gasteiger partial charge in [0.05, 0.1) is 25.9 Å². The summed E-state index contributed by atoms with van der Waals surface area (Å²) in [5.41, 5.74) is 0. The van der Waals surface area contributed by atoms with Crippen molar-refractivity contribution in [3.8, 4) is 11.5 Å². The van der Waals surface area contributed by atoms with Crippen molar-refractivity contribution in [3.63, 3.8) is 0 Å². The monoisotopic (exact) mass is 334 g/mol. The molecule has 0 unspecified atom stereocenters. The molecule has 0 radical (unpaired) electrons. The van der Waals surface area contributed by atoms with E-state index in [4.69, 9.17) is 14.2 Å². The summed E-state index contributed by atoms with van der Waals surface area (Å²) in [5.74, 6) is 1.77. The lowest BCUT2D eigenvalue weighted by Crippen LogP contribution is -2.58. The fraction of sp³-hybridized carbons (Fsp3) is 0.611. The van der Waals surface area contributed by atoms with Crippen molar-refractivity contribution >= 4 is 5.91 Å². The first-order valence-corrected chi connectivity index (χ1v) is 8.50. The predicted octanol–water partition coefficient (Wildman–Crippen LogP) is 1.39. The summed E-state index contributed by atoms with van der Waals surface area (Å²) in [7, 11) is 1.64. The fourth-order valence-electron chi connectivity index (χ4n) is 3.27. The first-order valence-electron chi connectivity index (χ1n) is 8.50. The molecule has 0 spiro atoms. The van der Waals surface area contributed by atoms with Gasteiger partial charge in [0.25, 0.3) is 0 Å². The molecule has 3 rings (SSSR count). The molecule has 1 amide bonds. The van der Waals surface area contributed by atoms with Gasteiger partial charge in [-0.1, -0.05) is 6.07 Å². The molecule has 2 heterocycles. The van der Waals surface area contributed by atoms with Crippen molar-refractivity contribution in [2.45, 2.75) is 32.2 Å². The number of ether oxygens (including phenoxy) is 3. The number of morpholine rings is 1. The molecular weight excluding hydrogens is 308 g/mol. The quantitative estimate of drug-likeness (QED) is 0.815. The standard InChI is InChI=1S/C18H26N2O4/c1-13-8-20(9-14(2)23-13)18(21)12-19-10-17(11-19)24-16-6-4-5-15(7-16)22-3/h4-7,13-14,17H,8-12H2,1-3H3/t13-,14+. The minimum atomic E-state index is 0.109. The van der Waals surface area contributed by atoms with Crippen LogP contribution < -0.4 is 9.47 Å². The zero-order chi connectivity index (χ0) is 17.1. The number of hydrogen-bond acceptors (Lipinski definition) is 5. The smallest absolute Gasteiger partial charge is 0.236 e. The number of amides is 1. The highest BCUT2D eigenvalue weighted by Crippen LogP contribution is 2.23. The first-order chi connectivity index (χ1) is 11.5. The molecule has 2 fully saturated rings. The van der Waals surface area contributed by atoms with Gasteiger partial charge >= 0.3 is 0 Å². The molecule has 6 nitrogen and oxygen atoms in total. The molecule has 2 aliphatic rings. The molecule has 1 aromatic rings.